The Kier molecular flexibility index (Phi) is 4.18. The van der Waals surface area contributed by atoms with Crippen molar-refractivity contribution in [2.24, 2.45) is 0 Å². The molecule has 2 aromatic rings. The summed E-state index contributed by atoms with van der Waals surface area (Å²) in [6, 6.07) is -0.398. The molecule has 0 radical (unpaired) electrons. The Morgan fingerprint density at radius 2 is 2.25 bits per heavy atom. The Morgan fingerprint density at radius 1 is 1.50 bits per heavy atom. The normalized spacial score (nSPS) is 12.2. The number of hydrogen-bond donors (Lipinski definition) is 4. The van der Waals surface area contributed by atoms with E-state index in [2.05, 4.69) is 30.8 Å². The topological polar surface area (TPSA) is 116 Å². The van der Waals surface area contributed by atoms with Gasteiger partial charge in [-0.3, -0.25) is 9.78 Å². The summed E-state index contributed by atoms with van der Waals surface area (Å²) in [6.07, 6.45) is 0. The third-order valence-corrected chi connectivity index (χ3v) is 3.72. The lowest BCUT2D eigenvalue weighted by atomic mass is 10.3. The maximum atomic E-state index is 12.2. The minimum Gasteiger partial charge on any atom is -0.362 e. The second-order valence-corrected chi connectivity index (χ2v) is 5.22. The molecule has 0 unspecified atom stereocenters. The fourth-order valence-electron chi connectivity index (χ4n) is 1.65. The molecule has 0 aliphatic rings. The number of aromatic amines is 2. The van der Waals surface area contributed by atoms with Gasteiger partial charge in [-0.05, 0) is 20.8 Å². The van der Waals surface area contributed by atoms with Gasteiger partial charge in [0, 0.05) is 6.54 Å². The number of carbonyl (C=O) groups excluding carboxylic acids is 1. The first kappa shape index (κ1) is 14.3. The van der Waals surface area contributed by atoms with Crippen molar-refractivity contribution >= 4 is 22.4 Å². The number of nitrogens with one attached hydrogen (secondary N) is 4. The fourth-order valence-corrected chi connectivity index (χ4v) is 2.59. The van der Waals surface area contributed by atoms with Gasteiger partial charge in [-0.15, -0.1) is 0 Å². The molecule has 0 aliphatic carbocycles. The first-order valence-electron chi connectivity index (χ1n) is 6.18. The third kappa shape index (κ3) is 3.05. The third-order valence-electron chi connectivity index (χ3n) is 2.61. The number of amides is 1. The van der Waals surface area contributed by atoms with Crippen LogP contribution in [0, 0.1) is 6.92 Å². The standard InChI is InChI=1S/C11H16N6O2S/c1-4-12-11-14-5(2)7(20-11)9(18)13-6(3)8-15-10(19)17-16-8/h6H,4H2,1-3H3,(H,12,14)(H,13,18)(H2,15,16,17,19)/t6-/m0/s1. The van der Waals surface area contributed by atoms with E-state index in [0.29, 0.717) is 16.4 Å². The number of nitrogens with zero attached hydrogens (tertiary/aromatic N) is 2. The van der Waals surface area contributed by atoms with Crippen LogP contribution in [0.25, 0.3) is 0 Å². The van der Waals surface area contributed by atoms with Gasteiger partial charge in [-0.1, -0.05) is 11.3 Å². The number of carbonyl (C=O) groups is 1. The van der Waals surface area contributed by atoms with E-state index in [1.165, 1.54) is 11.3 Å². The van der Waals surface area contributed by atoms with Gasteiger partial charge in [0.15, 0.2) is 11.0 Å². The van der Waals surface area contributed by atoms with E-state index in [1.54, 1.807) is 13.8 Å². The number of rotatable bonds is 5. The quantitative estimate of drug-likeness (QED) is 0.651. The van der Waals surface area contributed by atoms with Crippen molar-refractivity contribution in [2.45, 2.75) is 26.8 Å². The molecule has 0 aromatic carbocycles. The highest BCUT2D eigenvalue weighted by Gasteiger charge is 2.19. The molecule has 9 heteroatoms. The summed E-state index contributed by atoms with van der Waals surface area (Å²) < 4.78 is 0. The molecule has 20 heavy (non-hydrogen) atoms. The van der Waals surface area contributed by atoms with E-state index in [1.807, 2.05) is 6.92 Å². The zero-order chi connectivity index (χ0) is 14.7. The zero-order valence-electron chi connectivity index (χ0n) is 11.4. The molecular weight excluding hydrogens is 280 g/mol. The summed E-state index contributed by atoms with van der Waals surface area (Å²) >= 11 is 1.30. The molecule has 0 fully saturated rings. The Bertz CT molecular complexity index is 658. The summed E-state index contributed by atoms with van der Waals surface area (Å²) in [5.74, 6) is 0.151. The molecule has 2 rings (SSSR count). The van der Waals surface area contributed by atoms with Crippen molar-refractivity contribution in [2.75, 3.05) is 11.9 Å². The number of aryl methyl sites for hydroxylation is 1. The first-order valence-corrected chi connectivity index (χ1v) is 6.99. The largest absolute Gasteiger partial charge is 0.362 e. The average Bonchev–Trinajstić information content (AvgIpc) is 2.96. The van der Waals surface area contributed by atoms with Crippen LogP contribution in [0.5, 0.6) is 0 Å². The van der Waals surface area contributed by atoms with Crippen molar-refractivity contribution in [1.82, 2.24) is 25.5 Å². The number of anilines is 1. The first-order chi connectivity index (χ1) is 9.51. The van der Waals surface area contributed by atoms with Crippen molar-refractivity contribution in [3.8, 4) is 0 Å². The van der Waals surface area contributed by atoms with Gasteiger partial charge >= 0.3 is 5.69 Å². The zero-order valence-corrected chi connectivity index (χ0v) is 12.2. The summed E-state index contributed by atoms with van der Waals surface area (Å²) in [5.41, 5.74) is 0.274. The molecule has 0 saturated heterocycles. The molecule has 108 valence electrons. The SMILES string of the molecule is CCNc1nc(C)c(C(=O)N[C@@H](C)c2n[nH]c(=O)[nH]2)s1. The minimum atomic E-state index is -0.399. The molecular formula is C11H16N6O2S. The number of hydrogen-bond acceptors (Lipinski definition) is 6. The molecule has 8 nitrogen and oxygen atoms in total. The van der Waals surface area contributed by atoms with Crippen LogP contribution in [-0.4, -0.2) is 32.6 Å². The smallest absolute Gasteiger partial charge is 0.340 e. The van der Waals surface area contributed by atoms with Crippen LogP contribution in [-0.2, 0) is 0 Å². The van der Waals surface area contributed by atoms with E-state index in [-0.39, 0.29) is 5.91 Å². The average molecular weight is 296 g/mol. The maximum absolute atomic E-state index is 12.2. The van der Waals surface area contributed by atoms with E-state index in [4.69, 9.17) is 0 Å². The van der Waals surface area contributed by atoms with E-state index >= 15 is 0 Å². The fraction of sp³-hybridized carbons (Fsp3) is 0.455. The highest BCUT2D eigenvalue weighted by molar-refractivity contribution is 7.17. The van der Waals surface area contributed by atoms with Crippen molar-refractivity contribution in [3.63, 3.8) is 0 Å². The van der Waals surface area contributed by atoms with Crippen LogP contribution in [0.15, 0.2) is 4.79 Å². The number of thiazole rings is 1. The predicted molar refractivity (Wildman–Crippen MR) is 76.1 cm³/mol. The maximum Gasteiger partial charge on any atom is 0.340 e. The lowest BCUT2D eigenvalue weighted by Crippen LogP contribution is -2.27. The van der Waals surface area contributed by atoms with Crippen LogP contribution in [0.4, 0.5) is 5.13 Å². The molecule has 4 N–H and O–H groups in total. The van der Waals surface area contributed by atoms with Crippen molar-refractivity contribution in [1.29, 1.82) is 0 Å². The molecule has 0 spiro atoms. The predicted octanol–water partition coefficient (Wildman–Crippen LogP) is 0.786. The molecule has 0 saturated carbocycles. The lowest BCUT2D eigenvalue weighted by molar-refractivity contribution is 0.0941. The van der Waals surface area contributed by atoms with Gasteiger partial charge in [-0.25, -0.2) is 14.9 Å². The van der Waals surface area contributed by atoms with E-state index in [9.17, 15) is 9.59 Å². The molecule has 0 aliphatic heterocycles. The van der Waals surface area contributed by atoms with Gasteiger partial charge in [-0.2, -0.15) is 5.10 Å². The monoisotopic (exact) mass is 296 g/mol. The summed E-state index contributed by atoms with van der Waals surface area (Å²) in [5, 5.41) is 12.6. The van der Waals surface area contributed by atoms with Crippen LogP contribution in [0.2, 0.25) is 0 Å². The Balaban J connectivity index is 2.09. The highest BCUT2D eigenvalue weighted by atomic mass is 32.1. The Morgan fingerprint density at radius 3 is 2.85 bits per heavy atom. The van der Waals surface area contributed by atoms with Gasteiger partial charge < -0.3 is 10.6 Å². The van der Waals surface area contributed by atoms with E-state index < -0.39 is 11.7 Å². The second kappa shape index (κ2) is 5.87. The highest BCUT2D eigenvalue weighted by Crippen LogP contribution is 2.22. The van der Waals surface area contributed by atoms with Crippen molar-refractivity contribution in [3.05, 3.63) is 26.9 Å². The van der Waals surface area contributed by atoms with Crippen LogP contribution < -0.4 is 16.3 Å². The van der Waals surface area contributed by atoms with Gasteiger partial charge in [0.05, 0.1) is 11.7 Å². The minimum absolute atomic E-state index is 0.236. The van der Waals surface area contributed by atoms with Gasteiger partial charge in [0.1, 0.15) is 4.88 Å². The molecule has 1 atom stereocenters. The molecule has 2 heterocycles. The summed E-state index contributed by atoms with van der Waals surface area (Å²) in [7, 11) is 0. The Hall–Kier alpha value is -2.16. The summed E-state index contributed by atoms with van der Waals surface area (Å²) in [4.78, 5) is 30.5. The molecule has 2 aromatic heterocycles. The van der Waals surface area contributed by atoms with Crippen LogP contribution >= 0.6 is 11.3 Å². The molecule has 1 amide bonds. The number of H-pyrrole nitrogens is 2. The van der Waals surface area contributed by atoms with E-state index in [0.717, 1.165) is 11.7 Å². The second-order valence-electron chi connectivity index (χ2n) is 4.22. The van der Waals surface area contributed by atoms with Crippen LogP contribution in [0.3, 0.4) is 0 Å². The Labute approximate surface area is 119 Å². The summed E-state index contributed by atoms with van der Waals surface area (Å²) in [6.45, 7) is 6.24. The van der Waals surface area contributed by atoms with Crippen LogP contribution in [0.1, 0.15) is 41.1 Å². The molecule has 0 bridgehead atoms. The van der Waals surface area contributed by atoms with Gasteiger partial charge in [0.25, 0.3) is 5.91 Å². The van der Waals surface area contributed by atoms with Gasteiger partial charge in [0.2, 0.25) is 0 Å². The lowest BCUT2D eigenvalue weighted by Gasteiger charge is -2.09. The van der Waals surface area contributed by atoms with Crippen molar-refractivity contribution < 1.29 is 4.79 Å². The number of aromatic nitrogens is 4.